The van der Waals surface area contributed by atoms with Gasteiger partial charge in [-0.25, -0.2) is 4.39 Å². The highest BCUT2D eigenvalue weighted by Gasteiger charge is 2.13. The van der Waals surface area contributed by atoms with Crippen LogP contribution in [0.2, 0.25) is 5.02 Å². The summed E-state index contributed by atoms with van der Waals surface area (Å²) in [6, 6.07) is 9.76. The van der Waals surface area contributed by atoms with E-state index < -0.39 is 5.82 Å². The van der Waals surface area contributed by atoms with Crippen molar-refractivity contribution in [2.24, 2.45) is 0 Å². The number of rotatable bonds is 4. The molecular weight excluding hydrogens is 279 g/mol. The van der Waals surface area contributed by atoms with Crippen LogP contribution in [0.4, 0.5) is 4.39 Å². The molecule has 0 fully saturated rings. The Labute approximate surface area is 122 Å². The minimum atomic E-state index is -0.578. The van der Waals surface area contributed by atoms with Gasteiger partial charge in [0.2, 0.25) is 0 Å². The fourth-order valence-corrected chi connectivity index (χ4v) is 2.18. The summed E-state index contributed by atoms with van der Waals surface area (Å²) in [4.78, 5) is 12.1. The molecule has 0 unspecified atom stereocenters. The predicted molar refractivity (Wildman–Crippen MR) is 77.2 cm³/mol. The maximum absolute atomic E-state index is 13.5. The van der Waals surface area contributed by atoms with Gasteiger partial charge in [-0.2, -0.15) is 0 Å². The highest BCUT2D eigenvalue weighted by molar-refractivity contribution is 6.32. The average molecular weight is 293 g/mol. The van der Waals surface area contributed by atoms with Crippen molar-refractivity contribution in [1.29, 1.82) is 0 Å². The molecule has 0 aliphatic carbocycles. The van der Waals surface area contributed by atoms with Crippen molar-refractivity contribution < 1.29 is 13.9 Å². The lowest BCUT2D eigenvalue weighted by molar-refractivity contribution is 0.0918. The monoisotopic (exact) mass is 292 g/mol. The van der Waals surface area contributed by atoms with E-state index in [0.29, 0.717) is 5.56 Å². The van der Waals surface area contributed by atoms with Crippen LogP contribution >= 0.6 is 11.6 Å². The quantitative estimate of drug-likeness (QED) is 0.783. The van der Waals surface area contributed by atoms with Crippen molar-refractivity contribution in [3.8, 4) is 5.75 Å². The summed E-state index contributed by atoms with van der Waals surface area (Å²) in [5.74, 6) is -0.875. The Bertz CT molecular complexity index is 633. The maximum atomic E-state index is 13.5. The number of aryl methyl sites for hydroxylation is 2. The predicted octanol–water partition coefficient (Wildman–Crippen LogP) is 4.36. The van der Waals surface area contributed by atoms with Crippen molar-refractivity contribution in [3.05, 3.63) is 63.9 Å². The van der Waals surface area contributed by atoms with Crippen LogP contribution in [0.25, 0.3) is 0 Å². The highest BCUT2D eigenvalue weighted by atomic mass is 35.5. The Kier molecular flexibility index (Phi) is 4.40. The van der Waals surface area contributed by atoms with Gasteiger partial charge in [-0.3, -0.25) is 4.79 Å². The number of benzene rings is 2. The third-order valence-electron chi connectivity index (χ3n) is 2.95. The zero-order chi connectivity index (χ0) is 14.7. The van der Waals surface area contributed by atoms with E-state index >= 15 is 0 Å². The topological polar surface area (TPSA) is 26.3 Å². The van der Waals surface area contributed by atoms with Gasteiger partial charge in [0.05, 0.1) is 5.02 Å². The third-order valence-corrected chi connectivity index (χ3v) is 3.25. The van der Waals surface area contributed by atoms with E-state index in [1.807, 2.05) is 26.0 Å². The molecule has 20 heavy (non-hydrogen) atoms. The molecule has 2 aromatic carbocycles. The van der Waals surface area contributed by atoms with Crippen LogP contribution in [0.5, 0.6) is 5.75 Å². The van der Waals surface area contributed by atoms with Gasteiger partial charge in [0.1, 0.15) is 0 Å². The van der Waals surface area contributed by atoms with Crippen LogP contribution in [0.1, 0.15) is 21.5 Å². The van der Waals surface area contributed by atoms with E-state index in [4.69, 9.17) is 16.3 Å². The molecule has 0 atom stereocenters. The molecule has 0 spiro atoms. The second-order valence-electron chi connectivity index (χ2n) is 4.58. The van der Waals surface area contributed by atoms with Gasteiger partial charge in [-0.15, -0.1) is 0 Å². The fourth-order valence-electron chi connectivity index (χ4n) is 1.96. The van der Waals surface area contributed by atoms with Crippen molar-refractivity contribution in [1.82, 2.24) is 0 Å². The number of ether oxygens (including phenoxy) is 1. The summed E-state index contributed by atoms with van der Waals surface area (Å²) < 4.78 is 18.7. The smallest absolute Gasteiger partial charge is 0.200 e. The molecule has 4 heteroatoms. The van der Waals surface area contributed by atoms with Crippen LogP contribution in [0.15, 0.2) is 36.4 Å². The SMILES string of the molecule is Cc1ccc(C(=O)COc2c(F)cccc2Cl)c(C)c1. The van der Waals surface area contributed by atoms with E-state index in [1.54, 1.807) is 6.07 Å². The number of ketones is 1. The minimum Gasteiger partial charge on any atom is -0.481 e. The first kappa shape index (κ1) is 14.5. The lowest BCUT2D eigenvalue weighted by Crippen LogP contribution is -2.13. The first-order valence-corrected chi connectivity index (χ1v) is 6.54. The van der Waals surface area contributed by atoms with E-state index in [0.717, 1.165) is 11.1 Å². The molecule has 0 saturated carbocycles. The van der Waals surface area contributed by atoms with Gasteiger partial charge in [-0.1, -0.05) is 41.4 Å². The summed E-state index contributed by atoms with van der Waals surface area (Å²) >= 11 is 5.83. The summed E-state index contributed by atoms with van der Waals surface area (Å²) in [6.07, 6.45) is 0. The zero-order valence-corrected chi connectivity index (χ0v) is 12.0. The Balaban J connectivity index is 2.13. The minimum absolute atomic E-state index is 0.0905. The molecule has 104 valence electrons. The molecule has 0 aromatic heterocycles. The van der Waals surface area contributed by atoms with Crippen LogP contribution < -0.4 is 4.74 Å². The largest absolute Gasteiger partial charge is 0.481 e. The second-order valence-corrected chi connectivity index (χ2v) is 4.99. The third kappa shape index (κ3) is 3.17. The lowest BCUT2D eigenvalue weighted by atomic mass is 10.0. The number of para-hydroxylation sites is 1. The summed E-state index contributed by atoms with van der Waals surface area (Å²) in [7, 11) is 0. The van der Waals surface area contributed by atoms with E-state index in [-0.39, 0.29) is 23.2 Å². The van der Waals surface area contributed by atoms with Crippen LogP contribution in [0, 0.1) is 19.7 Å². The lowest BCUT2D eigenvalue weighted by Gasteiger charge is -2.10. The molecule has 0 saturated heterocycles. The Morgan fingerprint density at radius 1 is 1.25 bits per heavy atom. The standard InChI is InChI=1S/C16H14ClFO2/c1-10-6-7-12(11(2)8-10)15(19)9-20-16-13(17)4-3-5-14(16)18/h3-8H,9H2,1-2H3. The molecule has 0 aliphatic rings. The summed E-state index contributed by atoms with van der Waals surface area (Å²) in [6.45, 7) is 3.57. The van der Waals surface area contributed by atoms with Gasteiger partial charge in [0.15, 0.2) is 24.0 Å². The van der Waals surface area contributed by atoms with Gasteiger partial charge >= 0.3 is 0 Å². The zero-order valence-electron chi connectivity index (χ0n) is 11.2. The van der Waals surface area contributed by atoms with E-state index in [2.05, 4.69) is 0 Å². The molecule has 0 bridgehead atoms. The van der Waals surface area contributed by atoms with E-state index in [9.17, 15) is 9.18 Å². The summed E-state index contributed by atoms with van der Waals surface area (Å²) in [5, 5.41) is 0.151. The Morgan fingerprint density at radius 2 is 2.00 bits per heavy atom. The first-order chi connectivity index (χ1) is 9.49. The second kappa shape index (κ2) is 6.06. The van der Waals surface area contributed by atoms with E-state index in [1.165, 1.54) is 18.2 Å². The molecule has 0 aliphatic heterocycles. The van der Waals surface area contributed by atoms with Crippen LogP contribution in [0.3, 0.4) is 0 Å². The van der Waals surface area contributed by atoms with Crippen molar-refractivity contribution in [2.75, 3.05) is 6.61 Å². The number of halogens is 2. The number of carbonyl (C=O) groups is 1. The van der Waals surface area contributed by atoms with Crippen LogP contribution in [-0.4, -0.2) is 12.4 Å². The molecule has 2 nitrogen and oxygen atoms in total. The number of hydrogen-bond acceptors (Lipinski definition) is 2. The number of hydrogen-bond donors (Lipinski definition) is 0. The number of Topliss-reactive ketones (excluding diaryl/α,β-unsaturated/α-hetero) is 1. The molecule has 0 heterocycles. The maximum Gasteiger partial charge on any atom is 0.200 e. The highest BCUT2D eigenvalue weighted by Crippen LogP contribution is 2.27. The molecule has 0 amide bonds. The first-order valence-electron chi connectivity index (χ1n) is 6.16. The molecule has 2 rings (SSSR count). The normalized spacial score (nSPS) is 10.4. The van der Waals surface area contributed by atoms with Gasteiger partial charge < -0.3 is 4.74 Å². The van der Waals surface area contributed by atoms with Gasteiger partial charge in [0.25, 0.3) is 0 Å². The molecule has 0 N–H and O–H groups in total. The van der Waals surface area contributed by atoms with Gasteiger partial charge in [0, 0.05) is 5.56 Å². The summed E-state index contributed by atoms with van der Waals surface area (Å²) in [5.41, 5.74) is 2.53. The van der Waals surface area contributed by atoms with Crippen molar-refractivity contribution >= 4 is 17.4 Å². The van der Waals surface area contributed by atoms with Crippen LogP contribution in [-0.2, 0) is 0 Å². The Morgan fingerprint density at radius 3 is 2.65 bits per heavy atom. The fraction of sp³-hybridized carbons (Fsp3) is 0.188. The number of carbonyl (C=O) groups excluding carboxylic acids is 1. The van der Waals surface area contributed by atoms with Crippen molar-refractivity contribution in [2.45, 2.75) is 13.8 Å². The van der Waals surface area contributed by atoms with Crippen molar-refractivity contribution in [3.63, 3.8) is 0 Å². The molecular formula is C16H14ClFO2. The average Bonchev–Trinajstić information content (AvgIpc) is 2.37. The van der Waals surface area contributed by atoms with Gasteiger partial charge in [-0.05, 0) is 31.5 Å². The Hall–Kier alpha value is -1.87. The molecule has 0 radical (unpaired) electrons. The molecule has 2 aromatic rings.